The van der Waals surface area contributed by atoms with Crippen molar-refractivity contribution < 1.29 is 4.74 Å². The molecule has 0 bridgehead atoms. The SMILES string of the molecule is Cn1cc(COc2ccc(C#CCCl)cc2)cn1. The van der Waals surface area contributed by atoms with Crippen LogP contribution in [0.1, 0.15) is 11.1 Å². The van der Waals surface area contributed by atoms with Crippen LogP contribution in [0, 0.1) is 11.8 Å². The molecule has 0 amide bonds. The number of alkyl halides is 1. The first-order chi connectivity index (χ1) is 8.78. The summed E-state index contributed by atoms with van der Waals surface area (Å²) in [5.41, 5.74) is 1.98. The van der Waals surface area contributed by atoms with Crippen molar-refractivity contribution in [1.82, 2.24) is 9.78 Å². The summed E-state index contributed by atoms with van der Waals surface area (Å²) < 4.78 is 7.39. The topological polar surface area (TPSA) is 27.1 Å². The van der Waals surface area contributed by atoms with Crippen LogP contribution in [-0.4, -0.2) is 15.7 Å². The largest absolute Gasteiger partial charge is 0.489 e. The Hall–Kier alpha value is -1.92. The van der Waals surface area contributed by atoms with Crippen molar-refractivity contribution in [3.63, 3.8) is 0 Å². The van der Waals surface area contributed by atoms with Crippen LogP contribution in [0.25, 0.3) is 0 Å². The Morgan fingerprint density at radius 1 is 1.33 bits per heavy atom. The Morgan fingerprint density at radius 3 is 2.72 bits per heavy atom. The van der Waals surface area contributed by atoms with Crippen LogP contribution in [0.15, 0.2) is 36.7 Å². The maximum absolute atomic E-state index is 5.64. The number of hydrogen-bond donors (Lipinski definition) is 0. The van der Waals surface area contributed by atoms with E-state index >= 15 is 0 Å². The van der Waals surface area contributed by atoms with E-state index in [1.54, 1.807) is 10.9 Å². The summed E-state index contributed by atoms with van der Waals surface area (Å²) in [7, 11) is 1.88. The standard InChI is InChI=1S/C14H13ClN2O/c1-17-10-13(9-16-17)11-18-14-6-4-12(5-7-14)3-2-8-15/h4-7,9-10H,8,11H2,1H3. The van der Waals surface area contributed by atoms with Crippen molar-refractivity contribution in [2.45, 2.75) is 6.61 Å². The molecule has 0 aliphatic carbocycles. The summed E-state index contributed by atoms with van der Waals surface area (Å²) >= 11 is 5.50. The van der Waals surface area contributed by atoms with Gasteiger partial charge in [-0.1, -0.05) is 11.8 Å². The van der Waals surface area contributed by atoms with E-state index in [4.69, 9.17) is 16.3 Å². The molecule has 4 heteroatoms. The number of nitrogens with zero attached hydrogens (tertiary/aromatic N) is 2. The molecule has 0 unspecified atom stereocenters. The van der Waals surface area contributed by atoms with Gasteiger partial charge in [-0.2, -0.15) is 5.10 Å². The fourth-order valence-electron chi connectivity index (χ4n) is 1.48. The number of aromatic nitrogens is 2. The molecule has 0 fully saturated rings. The Kier molecular flexibility index (Phi) is 4.27. The Bertz CT molecular complexity index is 563. The van der Waals surface area contributed by atoms with Gasteiger partial charge in [0, 0.05) is 24.4 Å². The number of rotatable bonds is 3. The lowest BCUT2D eigenvalue weighted by atomic mass is 10.2. The minimum atomic E-state index is 0.346. The Balaban J connectivity index is 1.94. The smallest absolute Gasteiger partial charge is 0.119 e. The van der Waals surface area contributed by atoms with Gasteiger partial charge in [0.15, 0.2) is 0 Å². The molecule has 0 radical (unpaired) electrons. The van der Waals surface area contributed by atoms with Crippen LogP contribution in [0.2, 0.25) is 0 Å². The Morgan fingerprint density at radius 2 is 2.11 bits per heavy atom. The van der Waals surface area contributed by atoms with Gasteiger partial charge in [-0.25, -0.2) is 0 Å². The van der Waals surface area contributed by atoms with Crippen molar-refractivity contribution in [3.8, 4) is 17.6 Å². The monoisotopic (exact) mass is 260 g/mol. The molecule has 2 aromatic rings. The highest BCUT2D eigenvalue weighted by molar-refractivity contribution is 6.19. The second kappa shape index (κ2) is 6.13. The zero-order valence-electron chi connectivity index (χ0n) is 10.1. The highest BCUT2D eigenvalue weighted by Gasteiger charge is 1.98. The second-order valence-corrected chi connectivity index (χ2v) is 4.04. The number of benzene rings is 1. The van der Waals surface area contributed by atoms with Crippen molar-refractivity contribution in [3.05, 3.63) is 47.8 Å². The average molecular weight is 261 g/mol. The third-order valence-corrected chi connectivity index (χ3v) is 2.45. The fourth-order valence-corrected chi connectivity index (χ4v) is 1.55. The van der Waals surface area contributed by atoms with Gasteiger partial charge < -0.3 is 4.74 Å². The van der Waals surface area contributed by atoms with Crippen molar-refractivity contribution >= 4 is 11.6 Å². The van der Waals surface area contributed by atoms with Gasteiger partial charge in [-0.3, -0.25) is 4.68 Å². The number of ether oxygens (including phenoxy) is 1. The third-order valence-electron chi connectivity index (χ3n) is 2.32. The summed E-state index contributed by atoms with van der Waals surface area (Å²) in [6.07, 6.45) is 3.72. The molecule has 1 aromatic heterocycles. The van der Waals surface area contributed by atoms with Crippen LogP contribution < -0.4 is 4.74 Å². The van der Waals surface area contributed by atoms with Crippen molar-refractivity contribution in [2.24, 2.45) is 7.05 Å². The zero-order valence-corrected chi connectivity index (χ0v) is 10.8. The highest BCUT2D eigenvalue weighted by atomic mass is 35.5. The predicted octanol–water partition coefficient (Wildman–Crippen LogP) is 2.59. The van der Waals surface area contributed by atoms with Crippen LogP contribution in [-0.2, 0) is 13.7 Å². The first-order valence-corrected chi connectivity index (χ1v) is 6.06. The Labute approximate surface area is 111 Å². The summed E-state index contributed by atoms with van der Waals surface area (Å²) in [6, 6.07) is 7.62. The maximum Gasteiger partial charge on any atom is 0.119 e. The maximum atomic E-state index is 5.64. The molecule has 18 heavy (non-hydrogen) atoms. The first-order valence-electron chi connectivity index (χ1n) is 5.53. The van der Waals surface area contributed by atoms with Gasteiger partial charge in [0.1, 0.15) is 12.4 Å². The van der Waals surface area contributed by atoms with E-state index in [2.05, 4.69) is 16.9 Å². The van der Waals surface area contributed by atoms with Crippen molar-refractivity contribution in [1.29, 1.82) is 0 Å². The predicted molar refractivity (Wildman–Crippen MR) is 71.6 cm³/mol. The minimum Gasteiger partial charge on any atom is -0.489 e. The van der Waals surface area contributed by atoms with Gasteiger partial charge in [0.05, 0.1) is 12.1 Å². The van der Waals surface area contributed by atoms with Gasteiger partial charge in [0.25, 0.3) is 0 Å². The van der Waals surface area contributed by atoms with E-state index < -0.39 is 0 Å². The van der Waals surface area contributed by atoms with E-state index in [1.165, 1.54) is 0 Å². The summed E-state index contributed by atoms with van der Waals surface area (Å²) in [5, 5.41) is 4.08. The molecule has 0 saturated carbocycles. The number of hydrogen-bond acceptors (Lipinski definition) is 2. The fraction of sp³-hybridized carbons (Fsp3) is 0.214. The third kappa shape index (κ3) is 3.54. The lowest BCUT2D eigenvalue weighted by molar-refractivity contribution is 0.306. The summed E-state index contributed by atoms with van der Waals surface area (Å²) in [4.78, 5) is 0. The van der Waals surface area contributed by atoms with Gasteiger partial charge in [-0.05, 0) is 24.3 Å². The highest BCUT2D eigenvalue weighted by Crippen LogP contribution is 2.13. The first kappa shape index (κ1) is 12.5. The quantitative estimate of drug-likeness (QED) is 0.627. The van der Waals surface area contributed by atoms with Gasteiger partial charge in [0.2, 0.25) is 0 Å². The van der Waals surface area contributed by atoms with Gasteiger partial charge >= 0.3 is 0 Å². The molecule has 0 aliphatic heterocycles. The van der Waals surface area contributed by atoms with Crippen molar-refractivity contribution in [2.75, 3.05) is 5.88 Å². The molecule has 1 heterocycles. The van der Waals surface area contributed by atoms with Gasteiger partial charge in [-0.15, -0.1) is 11.6 Å². The van der Waals surface area contributed by atoms with Crippen LogP contribution in [0.4, 0.5) is 0 Å². The van der Waals surface area contributed by atoms with Crippen LogP contribution >= 0.6 is 11.6 Å². The normalized spacial score (nSPS) is 9.67. The molecule has 92 valence electrons. The van der Waals surface area contributed by atoms with Crippen LogP contribution in [0.5, 0.6) is 5.75 Å². The molecule has 0 spiro atoms. The molecule has 0 saturated heterocycles. The van der Waals surface area contributed by atoms with E-state index in [0.717, 1.165) is 16.9 Å². The summed E-state index contributed by atoms with van der Waals surface area (Å²) in [5.74, 6) is 6.92. The molecular formula is C14H13ClN2O. The van der Waals surface area contributed by atoms with E-state index in [-0.39, 0.29) is 0 Å². The van der Waals surface area contributed by atoms with E-state index in [1.807, 2.05) is 37.5 Å². The lowest BCUT2D eigenvalue weighted by Gasteiger charge is -2.04. The molecular weight excluding hydrogens is 248 g/mol. The average Bonchev–Trinajstić information content (AvgIpc) is 2.81. The molecule has 0 N–H and O–H groups in total. The second-order valence-electron chi connectivity index (χ2n) is 3.77. The molecule has 1 aromatic carbocycles. The molecule has 0 atom stereocenters. The zero-order chi connectivity index (χ0) is 12.8. The number of aryl methyl sites for hydroxylation is 1. The molecule has 2 rings (SSSR count). The lowest BCUT2D eigenvalue weighted by Crippen LogP contribution is -1.94. The van der Waals surface area contributed by atoms with E-state index in [9.17, 15) is 0 Å². The minimum absolute atomic E-state index is 0.346. The molecule has 3 nitrogen and oxygen atoms in total. The summed E-state index contributed by atoms with van der Waals surface area (Å²) in [6.45, 7) is 0.514. The number of halogens is 1. The van der Waals surface area contributed by atoms with E-state index in [0.29, 0.717) is 12.5 Å². The van der Waals surface area contributed by atoms with Crippen LogP contribution in [0.3, 0.4) is 0 Å². The molecule has 0 aliphatic rings.